The van der Waals surface area contributed by atoms with Crippen LogP contribution in [0.3, 0.4) is 0 Å². The highest BCUT2D eigenvalue weighted by Gasteiger charge is 2.15. The van der Waals surface area contributed by atoms with Crippen LogP contribution in [-0.2, 0) is 0 Å². The van der Waals surface area contributed by atoms with Gasteiger partial charge in [-0.25, -0.2) is 4.98 Å². The lowest BCUT2D eigenvalue weighted by Crippen LogP contribution is -2.19. The summed E-state index contributed by atoms with van der Waals surface area (Å²) < 4.78 is 0. The van der Waals surface area contributed by atoms with Crippen molar-refractivity contribution in [3.8, 4) is 0 Å². The van der Waals surface area contributed by atoms with Gasteiger partial charge in [-0.1, -0.05) is 23.2 Å². The lowest BCUT2D eigenvalue weighted by Gasteiger charge is -2.18. The second kappa shape index (κ2) is 6.08. The first-order chi connectivity index (χ1) is 10.1. The van der Waals surface area contributed by atoms with E-state index >= 15 is 0 Å². The minimum Gasteiger partial charge on any atom is -0.356 e. The van der Waals surface area contributed by atoms with E-state index < -0.39 is 0 Å². The van der Waals surface area contributed by atoms with E-state index in [1.165, 1.54) is 12.8 Å². The molecule has 0 bridgehead atoms. The van der Waals surface area contributed by atoms with E-state index in [4.69, 9.17) is 23.2 Å². The smallest absolute Gasteiger partial charge is 0.229 e. The van der Waals surface area contributed by atoms with Crippen molar-refractivity contribution in [3.05, 3.63) is 40.0 Å². The lowest BCUT2D eigenvalue weighted by molar-refractivity contribution is 0.923. The maximum Gasteiger partial charge on any atom is 0.229 e. The number of anilines is 3. The van der Waals surface area contributed by atoms with Gasteiger partial charge in [0.15, 0.2) is 0 Å². The van der Waals surface area contributed by atoms with Crippen LogP contribution < -0.4 is 10.2 Å². The van der Waals surface area contributed by atoms with E-state index in [-0.39, 0.29) is 0 Å². The van der Waals surface area contributed by atoms with Crippen LogP contribution in [0.1, 0.15) is 18.5 Å². The average molecular weight is 323 g/mol. The first kappa shape index (κ1) is 14.4. The van der Waals surface area contributed by atoms with Gasteiger partial charge in [0, 0.05) is 29.9 Å². The summed E-state index contributed by atoms with van der Waals surface area (Å²) in [4.78, 5) is 11.3. The van der Waals surface area contributed by atoms with Crippen molar-refractivity contribution in [2.45, 2.75) is 19.8 Å². The maximum absolute atomic E-state index is 6.17. The molecule has 0 radical (unpaired) electrons. The first-order valence-corrected chi connectivity index (χ1v) is 7.70. The number of hydrogen-bond acceptors (Lipinski definition) is 4. The molecule has 6 heteroatoms. The van der Waals surface area contributed by atoms with Crippen LogP contribution in [0.5, 0.6) is 0 Å². The Morgan fingerprint density at radius 1 is 1.10 bits per heavy atom. The molecule has 2 heterocycles. The number of aromatic nitrogens is 2. The lowest BCUT2D eigenvalue weighted by atomic mass is 10.3. The summed E-state index contributed by atoms with van der Waals surface area (Å²) in [5.74, 6) is 1.52. The number of aryl methyl sites for hydroxylation is 1. The van der Waals surface area contributed by atoms with Gasteiger partial charge in [-0.2, -0.15) is 4.98 Å². The van der Waals surface area contributed by atoms with E-state index in [9.17, 15) is 0 Å². The van der Waals surface area contributed by atoms with E-state index in [0.29, 0.717) is 16.0 Å². The molecule has 21 heavy (non-hydrogen) atoms. The highest BCUT2D eigenvalue weighted by molar-refractivity contribution is 6.36. The number of benzene rings is 1. The third-order valence-corrected chi connectivity index (χ3v) is 4.00. The van der Waals surface area contributed by atoms with Gasteiger partial charge >= 0.3 is 0 Å². The fraction of sp³-hybridized carbons (Fsp3) is 0.333. The molecule has 0 saturated carbocycles. The van der Waals surface area contributed by atoms with Gasteiger partial charge < -0.3 is 10.2 Å². The van der Waals surface area contributed by atoms with Crippen molar-refractivity contribution >= 4 is 40.7 Å². The maximum atomic E-state index is 6.17. The molecule has 1 aromatic heterocycles. The number of nitrogens with zero attached hydrogens (tertiary/aromatic N) is 3. The quantitative estimate of drug-likeness (QED) is 0.907. The van der Waals surface area contributed by atoms with E-state index in [1.54, 1.807) is 12.1 Å². The predicted molar refractivity (Wildman–Crippen MR) is 88.0 cm³/mol. The van der Waals surface area contributed by atoms with Gasteiger partial charge in [-0.3, -0.25) is 0 Å². The Hall–Kier alpha value is -1.52. The topological polar surface area (TPSA) is 41.1 Å². The summed E-state index contributed by atoms with van der Waals surface area (Å²) in [7, 11) is 0. The Balaban J connectivity index is 1.87. The van der Waals surface area contributed by atoms with Crippen molar-refractivity contribution in [1.29, 1.82) is 0 Å². The van der Waals surface area contributed by atoms with Gasteiger partial charge in [-0.05, 0) is 38.0 Å². The molecule has 1 fully saturated rings. The second-order valence-electron chi connectivity index (χ2n) is 5.13. The minimum absolute atomic E-state index is 0.551. The van der Waals surface area contributed by atoms with Gasteiger partial charge in [0.2, 0.25) is 5.95 Å². The number of hydrogen-bond donors (Lipinski definition) is 1. The Kier molecular flexibility index (Phi) is 4.17. The molecule has 0 spiro atoms. The Labute approximate surface area is 134 Å². The van der Waals surface area contributed by atoms with Crippen LogP contribution in [0.2, 0.25) is 10.0 Å². The number of halogens is 2. The molecular formula is C15H16Cl2N4. The summed E-state index contributed by atoms with van der Waals surface area (Å²) in [5, 5.41) is 4.32. The fourth-order valence-electron chi connectivity index (χ4n) is 2.43. The molecule has 2 aromatic rings. The Morgan fingerprint density at radius 2 is 1.86 bits per heavy atom. The van der Waals surface area contributed by atoms with Crippen LogP contribution >= 0.6 is 23.2 Å². The molecular weight excluding hydrogens is 307 g/mol. The molecule has 1 N–H and O–H groups in total. The summed E-state index contributed by atoms with van der Waals surface area (Å²) in [6.07, 6.45) is 2.43. The van der Waals surface area contributed by atoms with Crippen LogP contribution in [0.15, 0.2) is 24.3 Å². The average Bonchev–Trinajstić information content (AvgIpc) is 2.95. The molecule has 4 nitrogen and oxygen atoms in total. The van der Waals surface area contributed by atoms with Crippen LogP contribution in [0.4, 0.5) is 17.5 Å². The van der Waals surface area contributed by atoms with Crippen molar-refractivity contribution in [3.63, 3.8) is 0 Å². The third kappa shape index (κ3) is 3.39. The zero-order chi connectivity index (χ0) is 14.8. The van der Waals surface area contributed by atoms with E-state index in [2.05, 4.69) is 20.2 Å². The monoisotopic (exact) mass is 322 g/mol. The van der Waals surface area contributed by atoms with Crippen LogP contribution in [0.25, 0.3) is 0 Å². The summed E-state index contributed by atoms with van der Waals surface area (Å²) in [6, 6.07) is 7.32. The number of nitrogens with one attached hydrogen (secondary N) is 1. The van der Waals surface area contributed by atoms with Crippen LogP contribution in [0, 0.1) is 6.92 Å². The Morgan fingerprint density at radius 3 is 2.57 bits per heavy atom. The number of rotatable bonds is 3. The minimum atomic E-state index is 0.551. The first-order valence-electron chi connectivity index (χ1n) is 6.94. The van der Waals surface area contributed by atoms with Gasteiger partial charge in [0.25, 0.3) is 0 Å². The molecule has 1 aliphatic heterocycles. The normalized spacial score (nSPS) is 14.5. The largest absolute Gasteiger partial charge is 0.356 e. The second-order valence-corrected chi connectivity index (χ2v) is 5.98. The molecule has 0 atom stereocenters. The van der Waals surface area contributed by atoms with Crippen molar-refractivity contribution in [2.24, 2.45) is 0 Å². The Bertz CT molecular complexity index is 654. The molecule has 3 rings (SSSR count). The molecule has 0 aliphatic carbocycles. The van der Waals surface area contributed by atoms with Gasteiger partial charge in [0.1, 0.15) is 5.82 Å². The molecule has 110 valence electrons. The zero-order valence-corrected chi connectivity index (χ0v) is 13.2. The predicted octanol–water partition coefficient (Wildman–Crippen LogP) is 4.44. The van der Waals surface area contributed by atoms with Gasteiger partial charge in [-0.15, -0.1) is 0 Å². The molecule has 0 unspecified atom stereocenters. The van der Waals surface area contributed by atoms with E-state index in [1.807, 2.05) is 19.1 Å². The SMILES string of the molecule is Cc1cc(N2CCCC2)nc(Nc2ccc(Cl)cc2Cl)n1. The highest BCUT2D eigenvalue weighted by atomic mass is 35.5. The molecule has 1 aliphatic rings. The standard InChI is InChI=1S/C15H16Cl2N4/c1-10-8-14(21-6-2-3-7-21)20-15(18-10)19-13-5-4-11(16)9-12(13)17/h4-5,8-9H,2-3,6-7H2,1H3,(H,18,19,20). The summed E-state index contributed by atoms with van der Waals surface area (Å²) in [5.41, 5.74) is 1.68. The van der Waals surface area contributed by atoms with Gasteiger partial charge in [0.05, 0.1) is 10.7 Å². The fourth-order valence-corrected chi connectivity index (χ4v) is 2.88. The van der Waals surface area contributed by atoms with Crippen molar-refractivity contribution in [2.75, 3.05) is 23.3 Å². The third-order valence-electron chi connectivity index (χ3n) is 3.45. The zero-order valence-electron chi connectivity index (χ0n) is 11.7. The van der Waals surface area contributed by atoms with Crippen LogP contribution in [-0.4, -0.2) is 23.1 Å². The molecule has 1 aromatic carbocycles. The van der Waals surface area contributed by atoms with Crippen molar-refractivity contribution in [1.82, 2.24) is 9.97 Å². The molecule has 0 amide bonds. The van der Waals surface area contributed by atoms with Crippen molar-refractivity contribution < 1.29 is 0 Å². The summed E-state index contributed by atoms with van der Waals surface area (Å²) in [6.45, 7) is 4.07. The summed E-state index contributed by atoms with van der Waals surface area (Å²) >= 11 is 12.1. The highest BCUT2D eigenvalue weighted by Crippen LogP contribution is 2.28. The molecule has 1 saturated heterocycles. The van der Waals surface area contributed by atoms with E-state index in [0.717, 1.165) is 30.3 Å².